The summed E-state index contributed by atoms with van der Waals surface area (Å²) < 4.78 is 6.95. The van der Waals surface area contributed by atoms with E-state index in [0.29, 0.717) is 41.1 Å². The monoisotopic (exact) mass is 416 g/mol. The van der Waals surface area contributed by atoms with E-state index >= 15 is 0 Å². The molecular formula is C17H19Cl3N4O2. The predicted molar refractivity (Wildman–Crippen MR) is 105 cm³/mol. The van der Waals surface area contributed by atoms with Gasteiger partial charge in [0.2, 0.25) is 0 Å². The molecule has 6 nitrogen and oxygen atoms in total. The van der Waals surface area contributed by atoms with Crippen molar-refractivity contribution in [2.45, 2.75) is 6.10 Å². The molecule has 1 saturated heterocycles. The lowest BCUT2D eigenvalue weighted by Gasteiger charge is -2.35. The zero-order chi connectivity index (χ0) is 18.8. The molecule has 9 heteroatoms. The van der Waals surface area contributed by atoms with Crippen LogP contribution in [0.3, 0.4) is 0 Å². The van der Waals surface area contributed by atoms with Gasteiger partial charge in [0.1, 0.15) is 5.02 Å². The molecule has 0 spiro atoms. The molecule has 2 heterocycles. The third-order valence-corrected chi connectivity index (χ3v) is 4.98. The Labute approximate surface area is 166 Å². The number of anilines is 1. The molecule has 0 amide bonds. The van der Waals surface area contributed by atoms with Crippen LogP contribution in [-0.4, -0.2) is 61.1 Å². The molecule has 1 atom stereocenters. The standard InChI is InChI=1S/C17H19Cl3N4O2/c1-22(2)9-12-10-23(5-6-26-12)15-8-21-24(17(25)16(15)20)14-4-3-11(18)7-13(14)19/h3-4,7-8,12H,5-6,9-10H2,1-2H3. The number of benzene rings is 1. The molecule has 0 radical (unpaired) electrons. The molecule has 140 valence electrons. The summed E-state index contributed by atoms with van der Waals surface area (Å²) in [6, 6.07) is 4.84. The van der Waals surface area contributed by atoms with Gasteiger partial charge in [-0.05, 0) is 32.3 Å². The van der Waals surface area contributed by atoms with E-state index in [1.54, 1.807) is 24.4 Å². The molecular weight excluding hydrogens is 399 g/mol. The van der Waals surface area contributed by atoms with Crippen LogP contribution in [0, 0.1) is 0 Å². The normalized spacial score (nSPS) is 17.8. The SMILES string of the molecule is CN(C)CC1CN(c2cnn(-c3ccc(Cl)cc3Cl)c(=O)c2Cl)CCO1. The van der Waals surface area contributed by atoms with E-state index in [0.717, 1.165) is 6.54 Å². The van der Waals surface area contributed by atoms with Crippen LogP contribution in [0.25, 0.3) is 5.69 Å². The largest absolute Gasteiger partial charge is 0.373 e. The van der Waals surface area contributed by atoms with Crippen LogP contribution in [0.5, 0.6) is 0 Å². The van der Waals surface area contributed by atoms with Crippen molar-refractivity contribution in [3.05, 3.63) is 49.8 Å². The van der Waals surface area contributed by atoms with Gasteiger partial charge in [-0.15, -0.1) is 0 Å². The average Bonchev–Trinajstić information content (AvgIpc) is 2.57. The predicted octanol–water partition coefficient (Wildman–Crippen LogP) is 2.96. The lowest BCUT2D eigenvalue weighted by molar-refractivity contribution is 0.0247. The Morgan fingerprint density at radius 2 is 2.04 bits per heavy atom. The van der Waals surface area contributed by atoms with Crippen LogP contribution in [0.15, 0.2) is 29.2 Å². The van der Waals surface area contributed by atoms with Gasteiger partial charge in [0.15, 0.2) is 0 Å². The molecule has 1 aromatic carbocycles. The molecule has 1 fully saturated rings. The molecule has 0 aliphatic carbocycles. The van der Waals surface area contributed by atoms with Gasteiger partial charge in [-0.2, -0.15) is 9.78 Å². The molecule has 1 aliphatic rings. The van der Waals surface area contributed by atoms with Crippen molar-refractivity contribution in [2.24, 2.45) is 0 Å². The minimum absolute atomic E-state index is 0.0444. The highest BCUT2D eigenvalue weighted by atomic mass is 35.5. The van der Waals surface area contributed by atoms with Crippen LogP contribution in [0.1, 0.15) is 0 Å². The highest BCUT2D eigenvalue weighted by molar-refractivity contribution is 6.36. The molecule has 0 bridgehead atoms. The van der Waals surface area contributed by atoms with Crippen LogP contribution >= 0.6 is 34.8 Å². The number of aromatic nitrogens is 2. The molecule has 0 N–H and O–H groups in total. The Morgan fingerprint density at radius 3 is 2.73 bits per heavy atom. The number of nitrogens with zero attached hydrogens (tertiary/aromatic N) is 4. The first-order valence-corrected chi connectivity index (χ1v) is 9.24. The van der Waals surface area contributed by atoms with Crippen LogP contribution in [-0.2, 0) is 4.74 Å². The summed E-state index contributed by atoms with van der Waals surface area (Å²) in [7, 11) is 3.99. The fourth-order valence-electron chi connectivity index (χ4n) is 2.93. The molecule has 2 aromatic rings. The van der Waals surface area contributed by atoms with Crippen molar-refractivity contribution >= 4 is 40.5 Å². The summed E-state index contributed by atoms with van der Waals surface area (Å²) in [5.41, 5.74) is 0.607. The Morgan fingerprint density at radius 1 is 1.27 bits per heavy atom. The molecule has 26 heavy (non-hydrogen) atoms. The average molecular weight is 418 g/mol. The van der Waals surface area contributed by atoms with Crippen molar-refractivity contribution in [3.8, 4) is 5.69 Å². The second kappa shape index (κ2) is 8.15. The van der Waals surface area contributed by atoms with Gasteiger partial charge in [-0.1, -0.05) is 34.8 Å². The maximum atomic E-state index is 12.7. The van der Waals surface area contributed by atoms with Gasteiger partial charge in [0.25, 0.3) is 5.56 Å². The summed E-state index contributed by atoms with van der Waals surface area (Å²) in [4.78, 5) is 16.8. The van der Waals surface area contributed by atoms with E-state index in [2.05, 4.69) is 10.00 Å². The van der Waals surface area contributed by atoms with Crippen molar-refractivity contribution in [1.82, 2.24) is 14.7 Å². The second-order valence-corrected chi connectivity index (χ2v) is 7.58. The van der Waals surface area contributed by atoms with E-state index in [1.807, 2.05) is 19.0 Å². The van der Waals surface area contributed by atoms with Gasteiger partial charge in [-0.3, -0.25) is 4.79 Å². The maximum Gasteiger partial charge on any atom is 0.292 e. The van der Waals surface area contributed by atoms with Crippen molar-refractivity contribution in [1.29, 1.82) is 0 Å². The summed E-state index contributed by atoms with van der Waals surface area (Å²) >= 11 is 18.5. The van der Waals surface area contributed by atoms with Gasteiger partial charge < -0.3 is 14.5 Å². The Bertz CT molecular complexity index is 856. The van der Waals surface area contributed by atoms with E-state index < -0.39 is 5.56 Å². The maximum absolute atomic E-state index is 12.7. The van der Waals surface area contributed by atoms with Gasteiger partial charge >= 0.3 is 0 Å². The van der Waals surface area contributed by atoms with Crippen molar-refractivity contribution in [2.75, 3.05) is 45.2 Å². The van der Waals surface area contributed by atoms with Crippen molar-refractivity contribution < 1.29 is 4.74 Å². The molecule has 3 rings (SSSR count). The number of morpholine rings is 1. The van der Waals surface area contributed by atoms with Gasteiger partial charge in [-0.25, -0.2) is 0 Å². The van der Waals surface area contributed by atoms with Crippen molar-refractivity contribution in [3.63, 3.8) is 0 Å². The first-order chi connectivity index (χ1) is 12.4. The van der Waals surface area contributed by atoms with Gasteiger partial charge in [0, 0.05) is 24.7 Å². The number of rotatable bonds is 4. The third-order valence-electron chi connectivity index (χ3n) is 4.09. The first-order valence-electron chi connectivity index (χ1n) is 8.11. The summed E-state index contributed by atoms with van der Waals surface area (Å²) in [6.07, 6.45) is 1.63. The van der Waals surface area contributed by atoms with Crippen LogP contribution < -0.4 is 10.5 Å². The fraction of sp³-hybridized carbons (Fsp3) is 0.412. The van der Waals surface area contributed by atoms with E-state index in [1.165, 1.54) is 4.68 Å². The quantitative estimate of drug-likeness (QED) is 0.765. The zero-order valence-electron chi connectivity index (χ0n) is 14.5. The zero-order valence-corrected chi connectivity index (χ0v) is 16.7. The number of likely N-dealkylation sites (N-methyl/N-ethyl adjacent to an activating group) is 1. The minimum atomic E-state index is -0.427. The summed E-state index contributed by atoms with van der Waals surface area (Å²) in [5, 5.41) is 5.18. The van der Waals surface area contributed by atoms with E-state index in [4.69, 9.17) is 39.5 Å². The Kier molecular flexibility index (Phi) is 6.10. The molecule has 0 saturated carbocycles. The smallest absolute Gasteiger partial charge is 0.292 e. The lowest BCUT2D eigenvalue weighted by Crippen LogP contribution is -2.47. The molecule has 1 unspecified atom stereocenters. The first kappa shape index (κ1) is 19.5. The topological polar surface area (TPSA) is 50.6 Å². The minimum Gasteiger partial charge on any atom is -0.373 e. The number of hydrogen-bond donors (Lipinski definition) is 0. The molecule has 1 aromatic heterocycles. The Balaban J connectivity index is 1.91. The lowest BCUT2D eigenvalue weighted by atomic mass is 10.2. The summed E-state index contributed by atoms with van der Waals surface area (Å²) in [6.45, 7) is 2.65. The summed E-state index contributed by atoms with van der Waals surface area (Å²) in [5.74, 6) is 0. The third kappa shape index (κ3) is 4.15. The fourth-order valence-corrected chi connectivity index (χ4v) is 3.66. The number of ether oxygens (including phenoxy) is 1. The second-order valence-electron chi connectivity index (χ2n) is 6.36. The number of halogens is 3. The highest BCUT2D eigenvalue weighted by Gasteiger charge is 2.24. The number of hydrogen-bond acceptors (Lipinski definition) is 5. The van der Waals surface area contributed by atoms with Gasteiger partial charge in [0.05, 0.1) is 35.3 Å². The molecule has 1 aliphatic heterocycles. The van der Waals surface area contributed by atoms with Crippen LogP contribution in [0.2, 0.25) is 15.1 Å². The van der Waals surface area contributed by atoms with E-state index in [-0.39, 0.29) is 11.1 Å². The van der Waals surface area contributed by atoms with Crippen LogP contribution in [0.4, 0.5) is 5.69 Å². The van der Waals surface area contributed by atoms with E-state index in [9.17, 15) is 4.79 Å². The Hall–Kier alpha value is -1.31. The highest BCUT2D eigenvalue weighted by Crippen LogP contribution is 2.26.